The molecule has 0 amide bonds. The molecule has 102 valence electrons. The van der Waals surface area contributed by atoms with E-state index in [0.29, 0.717) is 0 Å². The van der Waals surface area contributed by atoms with Crippen molar-refractivity contribution in [3.63, 3.8) is 0 Å². The van der Waals surface area contributed by atoms with Gasteiger partial charge in [-0.1, -0.05) is 25.0 Å². The molecule has 3 rings (SSSR count). The van der Waals surface area contributed by atoms with E-state index < -0.39 is 0 Å². The quantitative estimate of drug-likeness (QED) is 0.886. The van der Waals surface area contributed by atoms with Gasteiger partial charge in [-0.05, 0) is 49.8 Å². The van der Waals surface area contributed by atoms with Gasteiger partial charge in [0.05, 0.1) is 6.10 Å². The molecule has 1 aliphatic carbocycles. The summed E-state index contributed by atoms with van der Waals surface area (Å²) in [6, 6.07) is 8.66. The number of hydrogen-bond donors (Lipinski definition) is 1. The largest absolute Gasteiger partial charge is 0.393 e. The predicted octanol–water partition coefficient (Wildman–Crippen LogP) is 3.75. The molecule has 0 saturated heterocycles. The molecule has 2 aromatic rings. The highest BCUT2D eigenvalue weighted by molar-refractivity contribution is 5.83. The van der Waals surface area contributed by atoms with Crippen LogP contribution in [0.25, 0.3) is 10.9 Å². The van der Waals surface area contributed by atoms with Crippen molar-refractivity contribution in [3.05, 3.63) is 36.0 Å². The van der Waals surface area contributed by atoms with Gasteiger partial charge in [0.25, 0.3) is 0 Å². The van der Waals surface area contributed by atoms with Gasteiger partial charge in [-0.15, -0.1) is 0 Å². The fourth-order valence-corrected chi connectivity index (χ4v) is 3.41. The first-order valence-corrected chi connectivity index (χ1v) is 7.49. The van der Waals surface area contributed by atoms with Crippen LogP contribution in [0, 0.1) is 5.92 Å². The van der Waals surface area contributed by atoms with E-state index in [1.807, 2.05) is 6.92 Å². The van der Waals surface area contributed by atoms with Crippen LogP contribution in [0.2, 0.25) is 0 Å². The number of benzene rings is 1. The number of fused-ring (bicyclic) bond motifs is 1. The Morgan fingerprint density at radius 1 is 1.26 bits per heavy atom. The molecule has 1 fully saturated rings. The summed E-state index contributed by atoms with van der Waals surface area (Å²) in [5.74, 6) is 0.857. The summed E-state index contributed by atoms with van der Waals surface area (Å²) in [7, 11) is 0. The van der Waals surface area contributed by atoms with Crippen LogP contribution >= 0.6 is 0 Å². The molecule has 0 spiro atoms. The lowest BCUT2D eigenvalue weighted by Gasteiger charge is -2.12. The van der Waals surface area contributed by atoms with Crippen LogP contribution in [0.5, 0.6) is 0 Å². The van der Waals surface area contributed by atoms with Crippen molar-refractivity contribution in [2.24, 2.45) is 5.92 Å². The topological polar surface area (TPSA) is 25.2 Å². The fraction of sp³-hybridized carbons (Fsp3) is 0.529. The first kappa shape index (κ1) is 12.7. The second-order valence-corrected chi connectivity index (χ2v) is 6.02. The average Bonchev–Trinajstić information content (AvgIpc) is 3.00. The Balaban J connectivity index is 1.89. The summed E-state index contributed by atoms with van der Waals surface area (Å²) in [6.45, 7) is 3.01. The van der Waals surface area contributed by atoms with E-state index in [1.54, 1.807) is 0 Å². The molecule has 0 bridgehead atoms. The van der Waals surface area contributed by atoms with Gasteiger partial charge in [0.1, 0.15) is 0 Å². The molecular weight excluding hydrogens is 234 g/mol. The Morgan fingerprint density at radius 3 is 2.79 bits per heavy atom. The Morgan fingerprint density at radius 2 is 2.05 bits per heavy atom. The number of rotatable bonds is 4. The van der Waals surface area contributed by atoms with Gasteiger partial charge in [-0.2, -0.15) is 0 Å². The number of nitrogens with zero attached hydrogens (tertiary/aromatic N) is 1. The highest BCUT2D eigenvalue weighted by Crippen LogP contribution is 2.29. The van der Waals surface area contributed by atoms with E-state index in [2.05, 4.69) is 35.0 Å². The summed E-state index contributed by atoms with van der Waals surface area (Å²) in [4.78, 5) is 0. The van der Waals surface area contributed by atoms with Gasteiger partial charge in [-0.25, -0.2) is 0 Å². The highest BCUT2D eigenvalue weighted by Gasteiger charge is 2.16. The summed E-state index contributed by atoms with van der Waals surface area (Å²) in [5, 5.41) is 10.9. The molecule has 1 saturated carbocycles. The number of aliphatic hydroxyl groups excluding tert-OH is 1. The van der Waals surface area contributed by atoms with E-state index in [4.69, 9.17) is 0 Å². The lowest BCUT2D eigenvalue weighted by molar-refractivity contribution is 0.196. The number of aromatic nitrogens is 1. The van der Waals surface area contributed by atoms with Gasteiger partial charge in [0.2, 0.25) is 0 Å². The van der Waals surface area contributed by atoms with Crippen LogP contribution in [-0.4, -0.2) is 15.8 Å². The van der Waals surface area contributed by atoms with Gasteiger partial charge in [-0.3, -0.25) is 0 Å². The molecule has 0 aliphatic heterocycles. The van der Waals surface area contributed by atoms with E-state index in [-0.39, 0.29) is 6.10 Å². The first-order valence-electron chi connectivity index (χ1n) is 7.49. The summed E-state index contributed by atoms with van der Waals surface area (Å²) < 4.78 is 2.40. The van der Waals surface area contributed by atoms with Crippen molar-refractivity contribution in [2.45, 2.75) is 51.7 Å². The normalized spacial score (nSPS) is 18.2. The third-order valence-corrected chi connectivity index (χ3v) is 4.35. The zero-order valence-corrected chi connectivity index (χ0v) is 11.7. The fourth-order valence-electron chi connectivity index (χ4n) is 3.41. The third kappa shape index (κ3) is 2.69. The monoisotopic (exact) mass is 257 g/mol. The molecule has 1 aliphatic rings. The SMILES string of the molecule is CC(O)Cc1cccc2c1ccn2CC1CCCC1. The molecule has 1 unspecified atom stereocenters. The Bertz CT molecular complexity index is 549. The predicted molar refractivity (Wildman–Crippen MR) is 79.3 cm³/mol. The maximum absolute atomic E-state index is 9.60. The minimum absolute atomic E-state index is 0.274. The minimum Gasteiger partial charge on any atom is -0.393 e. The standard InChI is InChI=1S/C17H23NO/c1-13(19)11-15-7-4-8-17-16(15)9-10-18(17)12-14-5-2-3-6-14/h4,7-10,13-14,19H,2-3,5-6,11-12H2,1H3. The van der Waals surface area contributed by atoms with Crippen LogP contribution < -0.4 is 0 Å². The van der Waals surface area contributed by atoms with Crippen molar-refractivity contribution >= 4 is 10.9 Å². The van der Waals surface area contributed by atoms with E-state index in [1.165, 1.54) is 42.1 Å². The molecule has 2 nitrogen and oxygen atoms in total. The third-order valence-electron chi connectivity index (χ3n) is 4.35. The molecule has 0 radical (unpaired) electrons. The molecule has 19 heavy (non-hydrogen) atoms. The van der Waals surface area contributed by atoms with Crippen LogP contribution in [0.4, 0.5) is 0 Å². The van der Waals surface area contributed by atoms with E-state index in [0.717, 1.165) is 18.9 Å². The van der Waals surface area contributed by atoms with Crippen molar-refractivity contribution < 1.29 is 5.11 Å². The van der Waals surface area contributed by atoms with Crippen LogP contribution in [0.15, 0.2) is 30.5 Å². The molecule has 2 heteroatoms. The molecular formula is C17H23NO. The summed E-state index contributed by atoms with van der Waals surface area (Å²) in [5.41, 5.74) is 2.59. The second-order valence-electron chi connectivity index (χ2n) is 6.02. The Kier molecular flexibility index (Phi) is 3.61. The van der Waals surface area contributed by atoms with Gasteiger partial charge in [0.15, 0.2) is 0 Å². The second kappa shape index (κ2) is 5.38. The molecule has 1 heterocycles. The maximum Gasteiger partial charge on any atom is 0.0552 e. The van der Waals surface area contributed by atoms with Crippen molar-refractivity contribution in [3.8, 4) is 0 Å². The van der Waals surface area contributed by atoms with Crippen molar-refractivity contribution in [2.75, 3.05) is 0 Å². The number of aliphatic hydroxyl groups is 1. The zero-order valence-electron chi connectivity index (χ0n) is 11.7. The lowest BCUT2D eigenvalue weighted by atomic mass is 10.0. The zero-order chi connectivity index (χ0) is 13.2. The van der Waals surface area contributed by atoms with Crippen LogP contribution in [-0.2, 0) is 13.0 Å². The average molecular weight is 257 g/mol. The van der Waals surface area contributed by atoms with Gasteiger partial charge < -0.3 is 9.67 Å². The van der Waals surface area contributed by atoms with E-state index in [9.17, 15) is 5.11 Å². The minimum atomic E-state index is -0.274. The van der Waals surface area contributed by atoms with Gasteiger partial charge >= 0.3 is 0 Å². The number of hydrogen-bond acceptors (Lipinski definition) is 1. The summed E-state index contributed by atoms with van der Waals surface area (Å²) >= 11 is 0. The van der Waals surface area contributed by atoms with E-state index >= 15 is 0 Å². The Hall–Kier alpha value is -1.28. The first-order chi connectivity index (χ1) is 9.24. The molecule has 1 atom stereocenters. The van der Waals surface area contributed by atoms with Gasteiger partial charge in [0, 0.05) is 23.6 Å². The van der Waals surface area contributed by atoms with Crippen LogP contribution in [0.1, 0.15) is 38.2 Å². The Labute approximate surface area is 115 Å². The maximum atomic E-state index is 9.60. The summed E-state index contributed by atoms with van der Waals surface area (Å²) in [6.07, 6.45) is 8.25. The molecule has 1 aromatic heterocycles. The van der Waals surface area contributed by atoms with Crippen molar-refractivity contribution in [1.29, 1.82) is 0 Å². The molecule has 1 N–H and O–H groups in total. The van der Waals surface area contributed by atoms with Crippen LogP contribution in [0.3, 0.4) is 0 Å². The molecule has 1 aromatic carbocycles. The van der Waals surface area contributed by atoms with Crippen molar-refractivity contribution in [1.82, 2.24) is 4.57 Å². The lowest BCUT2D eigenvalue weighted by Crippen LogP contribution is -2.07. The smallest absolute Gasteiger partial charge is 0.0552 e. The highest BCUT2D eigenvalue weighted by atomic mass is 16.3.